The molecular formula is C14H24F3N3. The fourth-order valence-corrected chi connectivity index (χ4v) is 2.76. The first-order valence-corrected chi connectivity index (χ1v) is 7.26. The van der Waals surface area contributed by atoms with Crippen LogP contribution in [-0.4, -0.2) is 42.8 Å². The van der Waals surface area contributed by atoms with E-state index in [4.69, 9.17) is 5.26 Å². The van der Waals surface area contributed by atoms with Gasteiger partial charge in [-0.15, -0.1) is 0 Å². The molecule has 0 radical (unpaired) electrons. The average molecular weight is 291 g/mol. The lowest BCUT2D eigenvalue weighted by Gasteiger charge is -2.34. The van der Waals surface area contributed by atoms with Gasteiger partial charge in [0.05, 0.1) is 12.0 Å². The van der Waals surface area contributed by atoms with Gasteiger partial charge in [0, 0.05) is 6.54 Å². The molecule has 1 fully saturated rings. The molecule has 1 saturated heterocycles. The highest BCUT2D eigenvalue weighted by molar-refractivity contribution is 5.03. The molecule has 116 valence electrons. The Kier molecular flexibility index (Phi) is 6.28. The lowest BCUT2D eigenvalue weighted by molar-refractivity contribution is -0.186. The molecule has 0 saturated carbocycles. The molecule has 0 spiro atoms. The van der Waals surface area contributed by atoms with E-state index < -0.39 is 17.6 Å². The van der Waals surface area contributed by atoms with Gasteiger partial charge < -0.3 is 4.90 Å². The van der Waals surface area contributed by atoms with Crippen molar-refractivity contribution in [1.29, 1.82) is 5.26 Å². The molecule has 1 aliphatic heterocycles. The van der Waals surface area contributed by atoms with E-state index in [1.165, 1.54) is 0 Å². The number of likely N-dealkylation sites (tertiary alicyclic amines) is 1. The molecular weight excluding hydrogens is 267 g/mol. The Hall–Kier alpha value is -0.800. The first-order valence-electron chi connectivity index (χ1n) is 7.26. The normalized spacial score (nSPS) is 24.1. The second kappa shape index (κ2) is 7.28. The van der Waals surface area contributed by atoms with Crippen LogP contribution in [0.5, 0.6) is 0 Å². The first kappa shape index (κ1) is 17.3. The van der Waals surface area contributed by atoms with Gasteiger partial charge in [0.1, 0.15) is 5.54 Å². The maximum atomic E-state index is 12.7. The summed E-state index contributed by atoms with van der Waals surface area (Å²) in [7, 11) is 0. The highest BCUT2D eigenvalue weighted by Crippen LogP contribution is 2.33. The molecule has 0 aromatic rings. The number of hydrogen-bond acceptors (Lipinski definition) is 3. The van der Waals surface area contributed by atoms with Crippen molar-refractivity contribution >= 4 is 0 Å². The Bertz CT molecular complexity index is 338. The molecule has 20 heavy (non-hydrogen) atoms. The number of nitrogens with zero attached hydrogens (tertiary/aromatic N) is 2. The fraction of sp³-hybridized carbons (Fsp3) is 0.929. The molecule has 2 atom stereocenters. The molecule has 0 bridgehead atoms. The number of rotatable bonds is 6. The number of piperidine rings is 1. The topological polar surface area (TPSA) is 39.1 Å². The van der Waals surface area contributed by atoms with Crippen molar-refractivity contribution in [3.8, 4) is 6.07 Å². The SMILES string of the molecule is CCNC(C)(C#N)CCCN1CCCC(C(F)(F)F)C1. The summed E-state index contributed by atoms with van der Waals surface area (Å²) >= 11 is 0. The van der Waals surface area contributed by atoms with Crippen LogP contribution in [-0.2, 0) is 0 Å². The Balaban J connectivity index is 2.37. The van der Waals surface area contributed by atoms with Gasteiger partial charge in [-0.2, -0.15) is 18.4 Å². The van der Waals surface area contributed by atoms with Crippen LogP contribution in [0.4, 0.5) is 13.2 Å². The highest BCUT2D eigenvalue weighted by atomic mass is 19.4. The molecule has 0 aromatic carbocycles. The highest BCUT2D eigenvalue weighted by Gasteiger charge is 2.41. The summed E-state index contributed by atoms with van der Waals surface area (Å²) < 4.78 is 38.1. The number of alkyl halides is 3. The molecule has 1 N–H and O–H groups in total. The summed E-state index contributed by atoms with van der Waals surface area (Å²) in [4.78, 5) is 1.88. The van der Waals surface area contributed by atoms with Crippen molar-refractivity contribution in [2.75, 3.05) is 26.2 Å². The van der Waals surface area contributed by atoms with E-state index in [0.717, 1.165) is 13.0 Å². The van der Waals surface area contributed by atoms with Crippen molar-refractivity contribution in [1.82, 2.24) is 10.2 Å². The Morgan fingerprint density at radius 2 is 2.10 bits per heavy atom. The minimum atomic E-state index is -4.08. The third-order valence-electron chi connectivity index (χ3n) is 3.93. The van der Waals surface area contributed by atoms with Crippen molar-refractivity contribution in [3.05, 3.63) is 0 Å². The van der Waals surface area contributed by atoms with Gasteiger partial charge in [-0.1, -0.05) is 6.92 Å². The quantitative estimate of drug-likeness (QED) is 0.818. The Morgan fingerprint density at radius 1 is 1.40 bits per heavy atom. The molecule has 1 heterocycles. The van der Waals surface area contributed by atoms with Crippen LogP contribution in [0.2, 0.25) is 0 Å². The third kappa shape index (κ3) is 5.29. The van der Waals surface area contributed by atoms with Gasteiger partial charge in [0.2, 0.25) is 0 Å². The minimum Gasteiger partial charge on any atom is -0.303 e. The Morgan fingerprint density at radius 3 is 2.65 bits per heavy atom. The number of nitriles is 1. The smallest absolute Gasteiger partial charge is 0.303 e. The predicted molar refractivity (Wildman–Crippen MR) is 72.1 cm³/mol. The van der Waals surface area contributed by atoms with E-state index >= 15 is 0 Å². The third-order valence-corrected chi connectivity index (χ3v) is 3.93. The predicted octanol–water partition coefficient (Wildman–Crippen LogP) is 2.93. The largest absolute Gasteiger partial charge is 0.393 e. The maximum Gasteiger partial charge on any atom is 0.393 e. The summed E-state index contributed by atoms with van der Waals surface area (Å²) in [6.45, 7) is 5.96. The lowest BCUT2D eigenvalue weighted by atomic mass is 9.95. The molecule has 2 unspecified atom stereocenters. The van der Waals surface area contributed by atoms with Crippen molar-refractivity contribution in [2.45, 2.75) is 51.2 Å². The number of hydrogen-bond donors (Lipinski definition) is 1. The van der Waals surface area contributed by atoms with E-state index in [9.17, 15) is 13.2 Å². The van der Waals surface area contributed by atoms with Gasteiger partial charge in [0.15, 0.2) is 0 Å². The molecule has 6 heteroatoms. The maximum absolute atomic E-state index is 12.7. The van der Waals surface area contributed by atoms with E-state index in [-0.39, 0.29) is 13.0 Å². The van der Waals surface area contributed by atoms with E-state index in [0.29, 0.717) is 25.9 Å². The molecule has 1 rings (SSSR count). The van der Waals surface area contributed by atoms with Gasteiger partial charge in [-0.05, 0) is 52.2 Å². The molecule has 0 aromatic heterocycles. The fourth-order valence-electron chi connectivity index (χ4n) is 2.76. The van der Waals surface area contributed by atoms with Crippen LogP contribution in [0.1, 0.15) is 39.5 Å². The van der Waals surface area contributed by atoms with Crippen LogP contribution in [0.25, 0.3) is 0 Å². The molecule has 3 nitrogen and oxygen atoms in total. The van der Waals surface area contributed by atoms with E-state index in [1.54, 1.807) is 0 Å². The van der Waals surface area contributed by atoms with Gasteiger partial charge in [0.25, 0.3) is 0 Å². The molecule has 0 amide bonds. The molecule has 0 aliphatic carbocycles. The van der Waals surface area contributed by atoms with Crippen LogP contribution in [0.3, 0.4) is 0 Å². The summed E-state index contributed by atoms with van der Waals surface area (Å²) in [6.07, 6.45) is -1.84. The second-order valence-corrected chi connectivity index (χ2v) is 5.76. The number of halogens is 3. The van der Waals surface area contributed by atoms with Crippen molar-refractivity contribution < 1.29 is 13.2 Å². The van der Waals surface area contributed by atoms with Crippen molar-refractivity contribution in [3.63, 3.8) is 0 Å². The van der Waals surface area contributed by atoms with E-state index in [1.807, 2.05) is 18.7 Å². The van der Waals surface area contributed by atoms with Gasteiger partial charge in [-0.25, -0.2) is 0 Å². The summed E-state index contributed by atoms with van der Waals surface area (Å²) in [5, 5.41) is 12.2. The van der Waals surface area contributed by atoms with Crippen LogP contribution in [0, 0.1) is 17.2 Å². The zero-order chi connectivity index (χ0) is 15.2. The van der Waals surface area contributed by atoms with Crippen LogP contribution >= 0.6 is 0 Å². The van der Waals surface area contributed by atoms with Gasteiger partial charge in [-0.3, -0.25) is 5.32 Å². The monoisotopic (exact) mass is 291 g/mol. The minimum absolute atomic E-state index is 0.105. The molecule has 1 aliphatic rings. The second-order valence-electron chi connectivity index (χ2n) is 5.76. The Labute approximate surface area is 119 Å². The summed E-state index contributed by atoms with van der Waals surface area (Å²) in [5.74, 6) is -1.19. The van der Waals surface area contributed by atoms with Crippen molar-refractivity contribution in [2.24, 2.45) is 5.92 Å². The van der Waals surface area contributed by atoms with Crippen LogP contribution < -0.4 is 5.32 Å². The average Bonchev–Trinajstić information content (AvgIpc) is 2.38. The van der Waals surface area contributed by atoms with E-state index in [2.05, 4.69) is 11.4 Å². The first-order chi connectivity index (χ1) is 9.30. The standard InChI is InChI=1S/C14H24F3N3/c1-3-19-13(2,11-18)7-5-9-20-8-4-6-12(10-20)14(15,16)17/h12,19H,3-10H2,1-2H3. The lowest BCUT2D eigenvalue weighted by Crippen LogP contribution is -2.44. The zero-order valence-corrected chi connectivity index (χ0v) is 12.3. The van der Waals surface area contributed by atoms with Gasteiger partial charge >= 0.3 is 6.18 Å². The summed E-state index contributed by atoms with van der Waals surface area (Å²) in [5.41, 5.74) is -0.575. The number of nitrogens with one attached hydrogen (secondary N) is 1. The van der Waals surface area contributed by atoms with Crippen LogP contribution in [0.15, 0.2) is 0 Å². The zero-order valence-electron chi connectivity index (χ0n) is 12.3. The summed E-state index contributed by atoms with van der Waals surface area (Å²) in [6, 6.07) is 2.24.